The summed E-state index contributed by atoms with van der Waals surface area (Å²) < 4.78 is 12.5. The van der Waals surface area contributed by atoms with Crippen molar-refractivity contribution < 1.29 is 33.8 Å². The third-order valence-electron chi connectivity index (χ3n) is 26.4. The second-order valence-corrected chi connectivity index (χ2v) is 36.6. The number of benzene rings is 4. The highest BCUT2D eigenvalue weighted by atomic mass is 35.5. The van der Waals surface area contributed by atoms with E-state index in [4.69, 9.17) is 110 Å². The number of allylic oxidation sites excluding steroid dienone is 1. The molecule has 4 saturated heterocycles. The lowest BCUT2D eigenvalue weighted by atomic mass is 9.95. The summed E-state index contributed by atoms with van der Waals surface area (Å²) in [4.78, 5) is 101. The normalized spacial score (nSPS) is 20.4. The van der Waals surface area contributed by atoms with Crippen molar-refractivity contribution in [3.05, 3.63) is 263 Å². The maximum absolute atomic E-state index is 12.5. The number of fused-ring (bicyclic) bond motifs is 8. The number of carbonyl (C=O) groups excluding carboxylic acids is 3. The van der Waals surface area contributed by atoms with Gasteiger partial charge in [-0.1, -0.05) is 162 Å². The zero-order valence-electron chi connectivity index (χ0n) is 75.6. The molecule has 13 heterocycles. The first-order valence-corrected chi connectivity index (χ1v) is 47.2. The fraction of sp³-hybridized carbons (Fsp3) is 0.452. The SMILES string of the molecule is C.C.C.C#CC[C@@H]1CCCN(c2nc(OC[C@@H]3CCCN3C)nc3c2CN(C2CCc4ccccc42)C3)C1.C#CC[C@H]1CN(c2nc(OC[C@@H]3CCCN3C)nc3c2CN(C2CCc4ccccc42)C3)CCN1C(=O)C=C.C=CC(=O)Cl.CC(=O)O.Cc1ccccn1.Clc1nc(Cl)c2c(n1)CN(C1CCc3ccccc31)C2.Clc1nc(Cl)c2c(n1)CNC2.O=C1CCc2ccccc21.[B]. The molecule has 5 aromatic heterocycles. The molecule has 3 unspecified atom stereocenters. The Morgan fingerprint density at radius 3 is 1.41 bits per heavy atom. The van der Waals surface area contributed by atoms with Crippen molar-refractivity contribution >= 4 is 101 Å². The average molecular weight is 1930 g/mol. The van der Waals surface area contributed by atoms with E-state index in [-0.39, 0.29) is 53.2 Å². The molecule has 31 heteroatoms. The van der Waals surface area contributed by atoms with Gasteiger partial charge in [-0.25, -0.2) is 19.9 Å². The van der Waals surface area contributed by atoms with E-state index >= 15 is 0 Å². The highest BCUT2D eigenvalue weighted by molar-refractivity contribution is 6.66. The van der Waals surface area contributed by atoms with Gasteiger partial charge in [0.2, 0.25) is 21.7 Å². The van der Waals surface area contributed by atoms with E-state index in [1.807, 2.05) is 54.3 Å². The molecule has 0 spiro atoms. The van der Waals surface area contributed by atoms with Crippen LogP contribution in [0.3, 0.4) is 0 Å². The number of halogens is 5. The van der Waals surface area contributed by atoms with E-state index in [0.717, 1.165) is 206 Å². The van der Waals surface area contributed by atoms with Crippen molar-refractivity contribution in [2.75, 3.05) is 82.9 Å². The van der Waals surface area contributed by atoms with Crippen LogP contribution in [0.1, 0.15) is 224 Å². The van der Waals surface area contributed by atoms with Crippen molar-refractivity contribution in [3.8, 4) is 36.7 Å². The summed E-state index contributed by atoms with van der Waals surface area (Å²) in [6, 6.07) is 43.2. The van der Waals surface area contributed by atoms with Crippen LogP contribution in [0.5, 0.6) is 12.0 Å². The summed E-state index contributed by atoms with van der Waals surface area (Å²) in [5.41, 5.74) is 20.5. The number of carboxylic acid groups (broad SMARTS) is 1. The molecule has 4 aromatic carbocycles. The number of pyridine rings is 1. The Morgan fingerprint density at radius 1 is 0.511 bits per heavy atom. The molecule has 9 aromatic rings. The van der Waals surface area contributed by atoms with Crippen molar-refractivity contribution in [2.24, 2.45) is 5.92 Å². The number of piperazine rings is 1. The quantitative estimate of drug-likeness (QED) is 0.0241. The van der Waals surface area contributed by atoms with E-state index < -0.39 is 11.2 Å². The van der Waals surface area contributed by atoms with Gasteiger partial charge < -0.3 is 44.4 Å². The Kier molecular flexibility index (Phi) is 40.5. The number of likely N-dealkylation sites (N-methyl/N-ethyl adjacent to an activating group) is 2. The molecule has 3 radical (unpaired) electrons. The number of piperidine rings is 1. The van der Waals surface area contributed by atoms with Crippen molar-refractivity contribution in [2.45, 2.75) is 227 Å². The van der Waals surface area contributed by atoms with E-state index in [9.17, 15) is 14.4 Å². The molecule has 2 N–H and O–H groups in total. The number of ether oxygens (including phenoxy) is 2. The first-order valence-electron chi connectivity index (χ1n) is 45.4. The van der Waals surface area contributed by atoms with Gasteiger partial charge in [-0.05, 0) is 222 Å². The zero-order chi connectivity index (χ0) is 92.2. The summed E-state index contributed by atoms with van der Waals surface area (Å²) in [5.74, 6) is 7.60. The number of carbonyl (C=O) groups is 4. The van der Waals surface area contributed by atoms with Crippen LogP contribution in [0.2, 0.25) is 20.9 Å². The van der Waals surface area contributed by atoms with Gasteiger partial charge in [-0.15, -0.1) is 24.7 Å². The average Bonchev–Trinajstić information content (AvgIpc) is 1.62. The number of anilines is 2. The summed E-state index contributed by atoms with van der Waals surface area (Å²) in [6.07, 6.45) is 32.6. The predicted molar refractivity (Wildman–Crippen MR) is 539 cm³/mol. The number of terminal acetylenes is 2. The lowest BCUT2D eigenvalue weighted by Crippen LogP contribution is -2.55. The molecule has 0 saturated carbocycles. The highest BCUT2D eigenvalue weighted by Crippen LogP contribution is 2.46. The number of Topliss-reactive ketones (excluding diaryl/α,β-unsaturated/α-hetero) is 1. The second-order valence-electron chi connectivity index (χ2n) is 34.9. The van der Waals surface area contributed by atoms with Gasteiger partial charge in [-0.3, -0.25) is 38.9 Å². The Morgan fingerprint density at radius 2 is 0.963 bits per heavy atom. The van der Waals surface area contributed by atoms with Gasteiger partial charge in [0.15, 0.2) is 5.78 Å². The number of rotatable bonds is 15. The molecule has 7 atom stereocenters. The summed E-state index contributed by atoms with van der Waals surface area (Å²) >= 11 is 28.2. The molecular weight excluding hydrogens is 1800 g/mol. The summed E-state index contributed by atoms with van der Waals surface area (Å²) in [6.45, 7) is 23.7. The van der Waals surface area contributed by atoms with Gasteiger partial charge in [0, 0.05) is 190 Å². The van der Waals surface area contributed by atoms with Crippen LogP contribution in [-0.2, 0) is 92.4 Å². The first-order chi connectivity index (χ1) is 63.5. The van der Waals surface area contributed by atoms with Gasteiger partial charge >= 0.3 is 12.0 Å². The molecular formula is C104H127BCl5N18O7. The smallest absolute Gasteiger partial charge is 0.318 e. The number of hydrogen-bond acceptors (Lipinski definition) is 23. The maximum Gasteiger partial charge on any atom is 0.318 e. The molecule has 25 nitrogen and oxygen atoms in total. The fourth-order valence-electron chi connectivity index (χ4n) is 19.8. The van der Waals surface area contributed by atoms with E-state index in [1.165, 1.54) is 88.3 Å². The van der Waals surface area contributed by atoms with Crippen LogP contribution >= 0.6 is 58.0 Å². The van der Waals surface area contributed by atoms with Crippen LogP contribution in [0.15, 0.2) is 147 Å². The third-order valence-corrected chi connectivity index (χ3v) is 27.5. The molecule has 1 amide bonds. The number of hydrogen-bond donors (Lipinski definition) is 2. The van der Waals surface area contributed by atoms with Crippen LogP contribution in [0.4, 0.5) is 11.6 Å². The lowest BCUT2D eigenvalue weighted by Gasteiger charge is -2.41. The van der Waals surface area contributed by atoms with Crippen molar-refractivity contribution in [1.29, 1.82) is 0 Å². The number of nitrogens with one attached hydrogen (secondary N) is 1. The predicted octanol–water partition coefficient (Wildman–Crippen LogP) is 18.3. The van der Waals surface area contributed by atoms with Gasteiger partial charge in [0.25, 0.3) is 5.97 Å². The molecule has 135 heavy (non-hydrogen) atoms. The fourth-order valence-corrected chi connectivity index (χ4v) is 20.7. The number of aromatic nitrogens is 9. The van der Waals surface area contributed by atoms with E-state index in [2.05, 4.69) is 176 Å². The molecule has 21 rings (SSSR count). The highest BCUT2D eigenvalue weighted by Gasteiger charge is 2.41. The van der Waals surface area contributed by atoms with Crippen molar-refractivity contribution in [3.63, 3.8) is 0 Å². The largest absolute Gasteiger partial charge is 0.481 e. The van der Waals surface area contributed by atoms with Crippen molar-refractivity contribution in [1.82, 2.24) is 79.6 Å². The van der Waals surface area contributed by atoms with Crippen LogP contribution in [0.25, 0.3) is 0 Å². The molecule has 4 aliphatic carbocycles. The Bertz CT molecular complexity index is 5650. The van der Waals surface area contributed by atoms with Gasteiger partial charge in [0.05, 0.1) is 28.8 Å². The number of aryl methyl sites for hydroxylation is 5. The number of nitrogens with zero attached hydrogens (tertiary/aromatic N) is 17. The van der Waals surface area contributed by atoms with Crippen LogP contribution in [-0.4, -0.2) is 202 Å². The molecule has 713 valence electrons. The monoisotopic (exact) mass is 1930 g/mol. The number of likely N-dealkylation sites (tertiary alicyclic amines) is 2. The molecule has 12 aliphatic rings. The summed E-state index contributed by atoms with van der Waals surface area (Å²) in [5, 5.41) is 11.4. The zero-order valence-corrected chi connectivity index (χ0v) is 79.4. The first kappa shape index (κ1) is 107. The minimum Gasteiger partial charge on any atom is -0.481 e. The van der Waals surface area contributed by atoms with E-state index in [0.29, 0.717) is 110 Å². The molecule has 8 aliphatic heterocycles. The Hall–Kier alpha value is -10.3. The second kappa shape index (κ2) is 51.2. The number of aliphatic carboxylic acids is 1. The van der Waals surface area contributed by atoms with E-state index in [1.54, 1.807) is 6.20 Å². The minimum atomic E-state index is -0.833. The number of amides is 1. The maximum atomic E-state index is 12.5. The summed E-state index contributed by atoms with van der Waals surface area (Å²) in [7, 11) is 4.34. The topological polar surface area (TPSA) is 261 Å². The minimum absolute atomic E-state index is 0. The molecule has 4 fully saturated rings. The Labute approximate surface area is 824 Å². The number of carboxylic acids is 1. The number of ketones is 1. The van der Waals surface area contributed by atoms with Crippen LogP contribution < -0.4 is 24.6 Å². The Balaban J connectivity index is 0.000000177. The lowest BCUT2D eigenvalue weighted by molar-refractivity contribution is -0.134. The van der Waals surface area contributed by atoms with Gasteiger partial charge in [-0.2, -0.15) is 19.9 Å². The molecule has 0 bridgehead atoms. The standard InChI is InChI=1S/C31H38N6O2.C29H37N5O.C15H13Cl2N3.C9H8O.C6H5Cl2N3.C6H7N.C3H3ClO.C2H4O2.3CH4.B/c1-4-9-23-18-35(16-17-37(23)29(38)5-2)30-26-19-36(28-14-13-22-10-6-7-12-25(22)28)20-27(26)32-31(33-30)39-21-24-11-8-15-34(24)3;1-3-8-21-9-6-16-33(17-21)28-25-18-34(27-14-13-22-10-4-5-12-24(22)27)19-26(25)30-29(31-28)35-20-23-11-7-15-32(23)2;16-14-11-7-20(8-12(11)18-15(17)19-14)13-6-5-9-3-1-2-4-10(9)13;10-9-6-5-7-3-1-2-4-8(7)9;7-5-3-1-9-2-4(3)10-6(8)11-5;1-6-4-2-3-5-7-6;1-2-3(4)5;1-2(3)4;;;;/h1,5-7,10,12,23-24,28H,2,8-9,11,13-21H2,3H3;1,4-5,10,12,21,23,27H,6-9,11,13-20H2,2H3;1-4,13H,5-8H2;1-4H,5-6H2;9H,1-2H2;2-5H,1H3;2H,1H2;1H3,(H,3,4);3*1H4;/t23-,24-,28?;21-,23+,27?;;;;;;;;;;/m01........../s1. The third kappa shape index (κ3) is 27.4. The van der Waals surface area contributed by atoms with Crippen LogP contribution in [0, 0.1) is 37.5 Å². The van der Waals surface area contributed by atoms with Gasteiger partial charge in [0.1, 0.15) is 35.2 Å².